The molecule has 3 aromatic heterocycles. The van der Waals surface area contributed by atoms with Gasteiger partial charge in [-0.05, 0) is 158 Å². The van der Waals surface area contributed by atoms with E-state index in [1.165, 1.54) is 0 Å². The lowest BCUT2D eigenvalue weighted by atomic mass is 10.0. The molecule has 2 aromatic carbocycles. The van der Waals surface area contributed by atoms with Crippen LogP contribution in [0.2, 0.25) is 5.28 Å². The summed E-state index contributed by atoms with van der Waals surface area (Å²) in [5, 5.41) is 46.3. The van der Waals surface area contributed by atoms with Gasteiger partial charge in [-0.25, -0.2) is 15.0 Å². The first-order chi connectivity index (χ1) is 27.3. The molecule has 0 amide bonds. The number of nitrogens with zero attached hydrogens (tertiary/aromatic N) is 6. The summed E-state index contributed by atoms with van der Waals surface area (Å²) in [5.74, 6) is 2.50. The molecule has 0 aliphatic rings. The standard InChI is InChI=1S/C24H32Br2N8O2.C9H13BrClN3O.C6H8N2/c1-13(23(3,4)35)29-19-17(25)11-27-21(33-19)31-15-8-7-9-16(10-15)32-22-28-12-18(26)20(34-22)30-14(2)24(5,6)36;1-5(9(2,3)15)13-7-6(10)4-12-8(11)14-7;7-5-2-1-3-6(8)4-5/h7-14,35-36H,1-6H3,(H2,27,29,31,33)(H2,28,30,32,34);4-5,15H,1-3H3,(H,12,13,14);1-4H,7-8H2/t13-,14-;5-;/m11./s1. The molecule has 5 rings (SSSR count). The minimum absolute atomic E-state index is 0.153. The van der Waals surface area contributed by atoms with Crippen molar-refractivity contribution in [2.45, 2.75) is 97.2 Å². The summed E-state index contributed by atoms with van der Waals surface area (Å²) in [5.41, 5.74) is 11.0. The molecule has 0 spiro atoms. The van der Waals surface area contributed by atoms with Crippen molar-refractivity contribution < 1.29 is 15.3 Å². The van der Waals surface area contributed by atoms with Gasteiger partial charge in [0.05, 0.1) is 48.3 Å². The summed E-state index contributed by atoms with van der Waals surface area (Å²) in [6.45, 7) is 16.0. The molecule has 0 radical (unpaired) electrons. The van der Waals surface area contributed by atoms with E-state index in [4.69, 9.17) is 23.1 Å². The SMILES string of the molecule is C[C@@H](Nc1nc(Cl)ncc1Br)C(C)(C)O.C[C@@H](Nc1nc(Nc2cccc(Nc3ncc(Br)c(N[C@H](C)C(C)(C)O)n3)c2)ncc1Br)C(C)(C)O.Nc1cccc(N)c1. The Bertz CT molecular complexity index is 2030. The number of rotatable bonds is 13. The maximum atomic E-state index is 10.2. The Labute approximate surface area is 375 Å². The number of aliphatic hydroxyl groups is 3. The Kier molecular flexibility index (Phi) is 17.9. The number of nitrogens with two attached hydrogens (primary N) is 2. The van der Waals surface area contributed by atoms with Crippen molar-refractivity contribution in [3.8, 4) is 0 Å². The highest BCUT2D eigenvalue weighted by molar-refractivity contribution is 9.11. The Morgan fingerprint density at radius 2 is 0.898 bits per heavy atom. The number of hydrogen-bond acceptors (Lipinski definition) is 16. The van der Waals surface area contributed by atoms with Crippen molar-refractivity contribution in [3.63, 3.8) is 0 Å². The highest BCUT2D eigenvalue weighted by atomic mass is 79.9. The fourth-order valence-electron chi connectivity index (χ4n) is 4.14. The van der Waals surface area contributed by atoms with E-state index in [9.17, 15) is 15.3 Å². The third-order valence-corrected chi connectivity index (χ3v) is 10.7. The van der Waals surface area contributed by atoms with Crippen molar-refractivity contribution >= 4 is 111 Å². The largest absolute Gasteiger partial charge is 0.399 e. The molecule has 0 aliphatic heterocycles. The van der Waals surface area contributed by atoms with Crippen molar-refractivity contribution in [3.05, 3.63) is 85.8 Å². The van der Waals surface area contributed by atoms with Gasteiger partial charge in [0.15, 0.2) is 0 Å². The van der Waals surface area contributed by atoms with Crippen LogP contribution in [0.4, 0.5) is 52.1 Å². The molecule has 0 aliphatic carbocycles. The normalized spacial score (nSPS) is 13.0. The van der Waals surface area contributed by atoms with Gasteiger partial charge < -0.3 is 53.4 Å². The second-order valence-electron chi connectivity index (χ2n) is 15.2. The quantitative estimate of drug-likeness (QED) is 0.0391. The van der Waals surface area contributed by atoms with E-state index in [2.05, 4.69) is 104 Å². The molecule has 320 valence electrons. The minimum Gasteiger partial charge on any atom is -0.399 e. The van der Waals surface area contributed by atoms with Crippen LogP contribution in [0.1, 0.15) is 62.3 Å². The third-order valence-electron chi connectivity index (χ3n) is 8.73. The molecular formula is C39H53Br3ClN13O3. The van der Waals surface area contributed by atoms with Gasteiger partial charge >= 0.3 is 0 Å². The molecule has 3 heterocycles. The van der Waals surface area contributed by atoms with Crippen LogP contribution >= 0.6 is 59.4 Å². The Morgan fingerprint density at radius 3 is 1.24 bits per heavy atom. The van der Waals surface area contributed by atoms with Gasteiger partial charge in [0.1, 0.15) is 17.5 Å². The summed E-state index contributed by atoms with van der Waals surface area (Å²) >= 11 is 15.9. The number of anilines is 9. The number of nitrogen functional groups attached to an aromatic ring is 2. The minimum atomic E-state index is -0.922. The van der Waals surface area contributed by atoms with Gasteiger partial charge in [0.25, 0.3) is 0 Å². The molecule has 20 heteroatoms. The van der Waals surface area contributed by atoms with E-state index in [0.717, 1.165) is 11.4 Å². The van der Waals surface area contributed by atoms with Crippen molar-refractivity contribution in [2.24, 2.45) is 0 Å². The molecule has 0 fully saturated rings. The summed E-state index contributed by atoms with van der Waals surface area (Å²) < 4.78 is 2.09. The van der Waals surface area contributed by atoms with Gasteiger partial charge in [0, 0.05) is 41.3 Å². The molecule has 59 heavy (non-hydrogen) atoms. The lowest BCUT2D eigenvalue weighted by molar-refractivity contribution is 0.0643. The average molecular weight is 1030 g/mol. The number of nitrogens with one attached hydrogen (secondary N) is 5. The molecule has 12 N–H and O–H groups in total. The number of benzene rings is 2. The fraction of sp³-hybridized carbons (Fsp3) is 0.385. The smallest absolute Gasteiger partial charge is 0.229 e. The highest BCUT2D eigenvalue weighted by Crippen LogP contribution is 2.28. The maximum absolute atomic E-state index is 10.2. The lowest BCUT2D eigenvalue weighted by Gasteiger charge is -2.27. The van der Waals surface area contributed by atoms with Crippen LogP contribution in [-0.2, 0) is 0 Å². The number of hydrogen-bond donors (Lipinski definition) is 10. The van der Waals surface area contributed by atoms with E-state index in [-0.39, 0.29) is 23.4 Å². The van der Waals surface area contributed by atoms with Crippen molar-refractivity contribution in [1.82, 2.24) is 29.9 Å². The average Bonchev–Trinajstić information content (AvgIpc) is 3.12. The summed E-state index contributed by atoms with van der Waals surface area (Å²) in [4.78, 5) is 25.6. The summed E-state index contributed by atoms with van der Waals surface area (Å²) in [7, 11) is 0. The molecule has 0 unspecified atom stereocenters. The van der Waals surface area contributed by atoms with Gasteiger partial charge in [-0.2, -0.15) is 15.0 Å². The van der Waals surface area contributed by atoms with Crippen molar-refractivity contribution in [2.75, 3.05) is 38.1 Å². The zero-order valence-electron chi connectivity index (χ0n) is 34.3. The van der Waals surface area contributed by atoms with E-state index < -0.39 is 16.8 Å². The number of halogens is 4. The zero-order valence-corrected chi connectivity index (χ0v) is 39.8. The van der Waals surface area contributed by atoms with Crippen LogP contribution in [0.25, 0.3) is 0 Å². The molecule has 3 atom stereocenters. The molecule has 16 nitrogen and oxygen atoms in total. The predicted molar refractivity (Wildman–Crippen MR) is 251 cm³/mol. The monoisotopic (exact) mass is 1020 g/mol. The van der Waals surface area contributed by atoms with Gasteiger partial charge in [-0.3, -0.25) is 0 Å². The number of aromatic nitrogens is 6. The molecule has 5 aromatic rings. The first-order valence-electron chi connectivity index (χ1n) is 18.3. The van der Waals surface area contributed by atoms with Crippen molar-refractivity contribution in [1.29, 1.82) is 0 Å². The predicted octanol–water partition coefficient (Wildman–Crippen LogP) is 8.74. The molecule has 0 saturated carbocycles. The molecule has 0 saturated heterocycles. The Morgan fingerprint density at radius 1 is 0.559 bits per heavy atom. The highest BCUT2D eigenvalue weighted by Gasteiger charge is 2.25. The third kappa shape index (κ3) is 16.8. The summed E-state index contributed by atoms with van der Waals surface area (Å²) in [6.07, 6.45) is 4.86. The molecule has 0 bridgehead atoms. The van der Waals surface area contributed by atoms with E-state index in [1.54, 1.807) is 78.3 Å². The lowest BCUT2D eigenvalue weighted by Crippen LogP contribution is -2.39. The van der Waals surface area contributed by atoms with Gasteiger partial charge in [-0.1, -0.05) is 12.1 Å². The Hall–Kier alpha value is -4.11. The van der Waals surface area contributed by atoms with Gasteiger partial charge in [-0.15, -0.1) is 0 Å². The first kappa shape index (κ1) is 49.3. The van der Waals surface area contributed by atoms with Crippen LogP contribution in [0.15, 0.2) is 80.5 Å². The van der Waals surface area contributed by atoms with Crippen LogP contribution in [-0.4, -0.2) is 80.2 Å². The zero-order chi connectivity index (χ0) is 44.3. The first-order valence-corrected chi connectivity index (χ1v) is 21.0. The van der Waals surface area contributed by atoms with Crippen LogP contribution < -0.4 is 38.1 Å². The Balaban J connectivity index is 0.000000328. The maximum Gasteiger partial charge on any atom is 0.229 e. The van der Waals surface area contributed by atoms with E-state index >= 15 is 0 Å². The van der Waals surface area contributed by atoms with Crippen LogP contribution in [0.3, 0.4) is 0 Å². The van der Waals surface area contributed by atoms with Gasteiger partial charge in [0.2, 0.25) is 17.2 Å². The van der Waals surface area contributed by atoms with Crippen LogP contribution in [0, 0.1) is 0 Å². The second-order valence-corrected chi connectivity index (χ2v) is 18.1. The second kappa shape index (κ2) is 21.4. The van der Waals surface area contributed by atoms with E-state index in [0.29, 0.717) is 54.1 Å². The topological polar surface area (TPSA) is 250 Å². The summed E-state index contributed by atoms with van der Waals surface area (Å²) in [6, 6.07) is 14.1. The van der Waals surface area contributed by atoms with Crippen LogP contribution in [0.5, 0.6) is 0 Å². The molecular weight excluding hydrogens is 974 g/mol. The fourth-order valence-corrected chi connectivity index (χ4v) is 5.19. The van der Waals surface area contributed by atoms with E-state index in [1.807, 2.05) is 51.1 Å².